The van der Waals surface area contributed by atoms with E-state index in [4.69, 9.17) is 42.8 Å². The zero-order chi connectivity index (χ0) is 21.1. The average molecular weight is 442 g/mol. The summed E-state index contributed by atoms with van der Waals surface area (Å²) in [7, 11) is 1.54. The van der Waals surface area contributed by atoms with Crippen molar-refractivity contribution in [1.82, 2.24) is 10.3 Å². The Morgan fingerprint density at radius 3 is 2.90 bits per heavy atom. The monoisotopic (exact) mass is 441 g/mol. The highest BCUT2D eigenvalue weighted by molar-refractivity contribution is 6.36. The molecule has 1 amide bonds. The Morgan fingerprint density at radius 2 is 2.17 bits per heavy atom. The maximum Gasteiger partial charge on any atom is 0.255 e. The number of pyridine rings is 1. The Hall–Kier alpha value is -2.55. The first kappa shape index (κ1) is 21.2. The van der Waals surface area contributed by atoms with Gasteiger partial charge >= 0.3 is 0 Å². The van der Waals surface area contributed by atoms with Crippen LogP contribution in [0.4, 0.5) is 10.2 Å². The molecular formula is C19H18Cl2FN3O4. The number of carbonyl (C=O) groups is 1. The maximum atomic E-state index is 13.9. The fourth-order valence-electron chi connectivity index (χ4n) is 2.78. The molecule has 0 spiro atoms. The van der Waals surface area contributed by atoms with E-state index in [0.29, 0.717) is 18.5 Å². The molecule has 3 aromatic rings. The number of amides is 1. The number of nitrogens with zero attached hydrogens (tertiary/aromatic N) is 1. The van der Waals surface area contributed by atoms with E-state index >= 15 is 0 Å². The van der Waals surface area contributed by atoms with Gasteiger partial charge in [0.05, 0.1) is 22.6 Å². The van der Waals surface area contributed by atoms with Gasteiger partial charge in [-0.2, -0.15) is 0 Å². The van der Waals surface area contributed by atoms with Crippen LogP contribution in [0.1, 0.15) is 28.9 Å². The number of nitrogens with one attached hydrogen (secondary N) is 1. The predicted molar refractivity (Wildman–Crippen MR) is 108 cm³/mol. The van der Waals surface area contributed by atoms with E-state index in [1.54, 1.807) is 6.92 Å². The number of nitrogen functional groups attached to an aromatic ring is 1. The molecule has 3 rings (SSSR count). The Bertz CT molecular complexity index is 1060. The highest BCUT2D eigenvalue weighted by atomic mass is 35.5. The van der Waals surface area contributed by atoms with Crippen LogP contribution in [0.2, 0.25) is 10.0 Å². The first-order valence-electron chi connectivity index (χ1n) is 8.58. The fourth-order valence-corrected chi connectivity index (χ4v) is 3.46. The molecule has 0 aliphatic heterocycles. The summed E-state index contributed by atoms with van der Waals surface area (Å²) in [4.78, 5) is 16.4. The summed E-state index contributed by atoms with van der Waals surface area (Å²) in [6.07, 6.45) is 1.93. The van der Waals surface area contributed by atoms with Gasteiger partial charge in [-0.25, -0.2) is 9.37 Å². The van der Waals surface area contributed by atoms with Crippen LogP contribution in [0.15, 0.2) is 29.0 Å². The van der Waals surface area contributed by atoms with Crippen LogP contribution in [0.3, 0.4) is 0 Å². The zero-order valence-corrected chi connectivity index (χ0v) is 17.1. The van der Waals surface area contributed by atoms with Crippen LogP contribution in [0, 0.1) is 5.82 Å². The van der Waals surface area contributed by atoms with Crippen molar-refractivity contribution < 1.29 is 23.1 Å². The first-order valence-corrected chi connectivity index (χ1v) is 9.33. The molecule has 2 aromatic heterocycles. The zero-order valence-electron chi connectivity index (χ0n) is 15.6. The van der Waals surface area contributed by atoms with E-state index in [-0.39, 0.29) is 44.2 Å². The summed E-state index contributed by atoms with van der Waals surface area (Å²) in [5.41, 5.74) is 6.70. The summed E-state index contributed by atoms with van der Waals surface area (Å²) < 4.78 is 30.2. The summed E-state index contributed by atoms with van der Waals surface area (Å²) in [5, 5.41) is 3.19. The number of furan rings is 1. The van der Waals surface area contributed by atoms with Crippen LogP contribution in [-0.2, 0) is 4.74 Å². The molecule has 0 saturated heterocycles. The van der Waals surface area contributed by atoms with Gasteiger partial charge in [-0.3, -0.25) is 4.79 Å². The molecule has 0 radical (unpaired) electrons. The lowest BCUT2D eigenvalue weighted by atomic mass is 10.1. The number of fused-ring (bicyclic) bond motifs is 1. The third kappa shape index (κ3) is 4.24. The van der Waals surface area contributed by atoms with Crippen LogP contribution in [-0.4, -0.2) is 31.2 Å². The van der Waals surface area contributed by atoms with Crippen LogP contribution in [0.25, 0.3) is 11.0 Å². The number of rotatable bonds is 7. The summed E-state index contributed by atoms with van der Waals surface area (Å²) in [6, 6.07) is 2.55. The van der Waals surface area contributed by atoms with E-state index in [2.05, 4.69) is 10.3 Å². The van der Waals surface area contributed by atoms with E-state index in [1.807, 2.05) is 0 Å². The molecule has 0 saturated carbocycles. The van der Waals surface area contributed by atoms with Crippen molar-refractivity contribution in [2.45, 2.75) is 13.0 Å². The molecule has 1 aromatic carbocycles. The van der Waals surface area contributed by atoms with Gasteiger partial charge in [0.25, 0.3) is 5.91 Å². The Kier molecular flexibility index (Phi) is 6.46. The van der Waals surface area contributed by atoms with Crippen LogP contribution < -0.4 is 15.8 Å². The minimum Gasteiger partial charge on any atom is -0.478 e. The summed E-state index contributed by atoms with van der Waals surface area (Å²) in [6.45, 7) is 2.33. The van der Waals surface area contributed by atoms with Gasteiger partial charge in [-0.15, -0.1) is 0 Å². The van der Waals surface area contributed by atoms with E-state index in [1.165, 1.54) is 31.7 Å². The second kappa shape index (κ2) is 8.86. The fraction of sp³-hybridized carbons (Fsp3) is 0.263. The maximum absolute atomic E-state index is 13.9. The normalized spacial score (nSPS) is 12.2. The third-order valence-electron chi connectivity index (χ3n) is 4.22. The van der Waals surface area contributed by atoms with Crippen molar-refractivity contribution in [2.24, 2.45) is 0 Å². The number of aromatic nitrogens is 1. The molecule has 3 N–H and O–H groups in total. The second-order valence-corrected chi connectivity index (χ2v) is 6.92. The number of ether oxygens (including phenoxy) is 2. The molecule has 154 valence electrons. The topological polar surface area (TPSA) is 99.6 Å². The average Bonchev–Trinajstić information content (AvgIpc) is 3.12. The van der Waals surface area contributed by atoms with Crippen LogP contribution >= 0.6 is 23.2 Å². The molecule has 0 fully saturated rings. The number of benzene rings is 1. The van der Waals surface area contributed by atoms with Crippen molar-refractivity contribution in [3.05, 3.63) is 51.6 Å². The third-order valence-corrected chi connectivity index (χ3v) is 4.93. The van der Waals surface area contributed by atoms with Gasteiger partial charge < -0.3 is 24.9 Å². The highest BCUT2D eigenvalue weighted by Gasteiger charge is 2.24. The molecule has 0 unspecified atom stereocenters. The van der Waals surface area contributed by atoms with Crippen molar-refractivity contribution in [3.63, 3.8) is 0 Å². The Labute approximate surface area is 175 Å². The number of methoxy groups -OCH3 is 1. The number of nitrogens with two attached hydrogens (primary N) is 1. The molecule has 2 heterocycles. The van der Waals surface area contributed by atoms with Gasteiger partial charge in [0.2, 0.25) is 5.75 Å². The molecule has 7 nitrogen and oxygen atoms in total. The quantitative estimate of drug-likeness (QED) is 0.417. The van der Waals surface area contributed by atoms with Crippen molar-refractivity contribution >= 4 is 45.9 Å². The van der Waals surface area contributed by atoms with Gasteiger partial charge in [-0.1, -0.05) is 23.2 Å². The predicted octanol–water partition coefficient (Wildman–Crippen LogP) is 4.37. The highest BCUT2D eigenvalue weighted by Crippen LogP contribution is 2.39. The largest absolute Gasteiger partial charge is 0.478 e. The van der Waals surface area contributed by atoms with Gasteiger partial charge in [-0.05, 0) is 19.1 Å². The minimum absolute atomic E-state index is 0.0358. The van der Waals surface area contributed by atoms with Gasteiger partial charge in [0.15, 0.2) is 11.4 Å². The van der Waals surface area contributed by atoms with Crippen molar-refractivity contribution in [2.75, 3.05) is 26.0 Å². The lowest BCUT2D eigenvalue weighted by molar-refractivity contribution is 0.0938. The van der Waals surface area contributed by atoms with Gasteiger partial charge in [0.1, 0.15) is 18.2 Å². The molecular weight excluding hydrogens is 424 g/mol. The summed E-state index contributed by atoms with van der Waals surface area (Å²) in [5.74, 6) is -0.850. The smallest absolute Gasteiger partial charge is 0.255 e. The van der Waals surface area contributed by atoms with E-state index in [9.17, 15) is 9.18 Å². The molecule has 10 heteroatoms. The lowest BCUT2D eigenvalue weighted by Crippen LogP contribution is -2.26. The van der Waals surface area contributed by atoms with Gasteiger partial charge in [0, 0.05) is 30.4 Å². The lowest BCUT2D eigenvalue weighted by Gasteiger charge is -2.18. The number of carbonyl (C=O) groups excluding carboxylic acids is 1. The van der Waals surface area contributed by atoms with Crippen molar-refractivity contribution in [3.8, 4) is 5.75 Å². The molecule has 0 aliphatic carbocycles. The van der Waals surface area contributed by atoms with E-state index < -0.39 is 11.9 Å². The summed E-state index contributed by atoms with van der Waals surface area (Å²) >= 11 is 12.2. The van der Waals surface area contributed by atoms with E-state index in [0.717, 1.165) is 0 Å². The minimum atomic E-state index is -0.774. The molecule has 0 aliphatic rings. The molecule has 0 bridgehead atoms. The Balaban J connectivity index is 1.95. The molecule has 29 heavy (non-hydrogen) atoms. The SMILES string of the molecule is COCCNC(=O)c1coc2c(O[C@H](C)c3c(Cl)ccc(F)c3Cl)c(N)ncc12. The number of halogens is 3. The number of hydrogen-bond acceptors (Lipinski definition) is 6. The number of hydrogen-bond donors (Lipinski definition) is 2. The molecule has 1 atom stereocenters. The Morgan fingerprint density at radius 1 is 1.41 bits per heavy atom. The standard InChI is InChI=1S/C19H18Cl2FN3O4/c1-9(14-12(20)3-4-13(22)15(14)21)29-17-16-10(7-25-18(17)23)11(8-28-16)19(26)24-5-6-27-2/h3-4,7-9H,5-6H2,1-2H3,(H2,23,25)(H,24,26)/t9-/m1/s1. The number of anilines is 1. The van der Waals surface area contributed by atoms with Crippen molar-refractivity contribution in [1.29, 1.82) is 0 Å². The second-order valence-electron chi connectivity index (χ2n) is 6.13. The first-order chi connectivity index (χ1) is 13.8. The van der Waals surface area contributed by atoms with Crippen LogP contribution in [0.5, 0.6) is 5.75 Å².